The largest absolute Gasteiger partial charge is 0.378 e. The fourth-order valence-corrected chi connectivity index (χ4v) is 2.67. The summed E-state index contributed by atoms with van der Waals surface area (Å²) in [7, 11) is 0. The maximum absolute atomic E-state index is 5.90. The zero-order chi connectivity index (χ0) is 13.8. The van der Waals surface area contributed by atoms with Gasteiger partial charge in [0.1, 0.15) is 0 Å². The van der Waals surface area contributed by atoms with Gasteiger partial charge in [0.2, 0.25) is 5.88 Å². The van der Waals surface area contributed by atoms with Crippen LogP contribution in [0.4, 0.5) is 5.88 Å². The minimum atomic E-state index is 0.340. The van der Waals surface area contributed by atoms with Crippen molar-refractivity contribution < 1.29 is 9.26 Å². The number of hydrogen-bond donors (Lipinski definition) is 1. The molecule has 0 amide bonds. The molecule has 0 aliphatic carbocycles. The van der Waals surface area contributed by atoms with Crippen molar-refractivity contribution in [2.45, 2.75) is 38.2 Å². The summed E-state index contributed by atoms with van der Waals surface area (Å²) in [5.74, 6) is 0.371. The van der Waals surface area contributed by atoms with Crippen LogP contribution < -0.4 is 5.73 Å². The molecule has 2 aromatic heterocycles. The summed E-state index contributed by atoms with van der Waals surface area (Å²) in [6.45, 7) is 0.878. The van der Waals surface area contributed by atoms with E-state index >= 15 is 0 Å². The molecule has 0 bridgehead atoms. The average molecular weight is 273 g/mol. The molecule has 0 spiro atoms. The highest BCUT2D eigenvalue weighted by atomic mass is 16.5. The molecule has 0 aromatic carbocycles. The summed E-state index contributed by atoms with van der Waals surface area (Å²) in [5.41, 5.74) is 8.70. The van der Waals surface area contributed by atoms with Gasteiger partial charge >= 0.3 is 0 Å². The Morgan fingerprint density at radius 3 is 2.85 bits per heavy atom. The molecule has 106 valence electrons. The fraction of sp³-hybridized carbons (Fsp3) is 0.467. The van der Waals surface area contributed by atoms with Crippen molar-refractivity contribution in [1.29, 1.82) is 0 Å². The quantitative estimate of drug-likeness (QED) is 0.927. The van der Waals surface area contributed by atoms with Crippen LogP contribution in [0.1, 0.15) is 31.4 Å². The molecule has 5 heteroatoms. The predicted octanol–water partition coefficient (Wildman–Crippen LogP) is 2.82. The monoisotopic (exact) mass is 273 g/mol. The zero-order valence-electron chi connectivity index (χ0n) is 11.4. The van der Waals surface area contributed by atoms with E-state index in [9.17, 15) is 0 Å². The van der Waals surface area contributed by atoms with Crippen molar-refractivity contribution in [3.8, 4) is 11.1 Å². The standard InChI is InChI=1S/C15H19N3O2/c16-15-14(11-6-8-17-9-7-11)13(18-20-15)5-4-12-3-1-2-10-19-12/h6-9,12H,1-5,10,16H2. The van der Waals surface area contributed by atoms with Crippen LogP contribution in [0.2, 0.25) is 0 Å². The van der Waals surface area contributed by atoms with E-state index in [0.29, 0.717) is 12.0 Å². The lowest BCUT2D eigenvalue weighted by Gasteiger charge is -2.22. The van der Waals surface area contributed by atoms with E-state index in [0.717, 1.165) is 42.7 Å². The van der Waals surface area contributed by atoms with Gasteiger partial charge in [-0.15, -0.1) is 0 Å². The lowest BCUT2D eigenvalue weighted by Crippen LogP contribution is -2.19. The van der Waals surface area contributed by atoms with E-state index in [1.807, 2.05) is 12.1 Å². The number of pyridine rings is 1. The van der Waals surface area contributed by atoms with Crippen molar-refractivity contribution in [3.63, 3.8) is 0 Å². The molecule has 0 radical (unpaired) electrons. The van der Waals surface area contributed by atoms with Gasteiger partial charge in [0, 0.05) is 19.0 Å². The Morgan fingerprint density at radius 2 is 2.10 bits per heavy atom. The normalized spacial score (nSPS) is 19.1. The highest BCUT2D eigenvalue weighted by Gasteiger charge is 2.19. The minimum Gasteiger partial charge on any atom is -0.378 e. The highest BCUT2D eigenvalue weighted by Crippen LogP contribution is 2.30. The molecule has 1 fully saturated rings. The van der Waals surface area contributed by atoms with E-state index < -0.39 is 0 Å². The second kappa shape index (κ2) is 6.05. The Morgan fingerprint density at radius 1 is 1.25 bits per heavy atom. The molecule has 3 heterocycles. The zero-order valence-corrected chi connectivity index (χ0v) is 11.4. The Labute approximate surface area is 118 Å². The van der Waals surface area contributed by atoms with Crippen LogP contribution in [-0.4, -0.2) is 22.9 Å². The van der Waals surface area contributed by atoms with Crippen molar-refractivity contribution >= 4 is 5.88 Å². The number of nitrogen functional groups attached to an aromatic ring is 1. The smallest absolute Gasteiger partial charge is 0.230 e. The number of rotatable bonds is 4. The topological polar surface area (TPSA) is 74.2 Å². The highest BCUT2D eigenvalue weighted by molar-refractivity contribution is 5.74. The molecule has 2 N–H and O–H groups in total. The average Bonchev–Trinajstić information content (AvgIpc) is 2.88. The number of aromatic nitrogens is 2. The van der Waals surface area contributed by atoms with Crippen molar-refractivity contribution in [2.75, 3.05) is 12.3 Å². The Hall–Kier alpha value is -1.88. The van der Waals surface area contributed by atoms with Gasteiger partial charge in [-0.3, -0.25) is 4.98 Å². The van der Waals surface area contributed by atoms with Gasteiger partial charge in [0.05, 0.1) is 17.4 Å². The van der Waals surface area contributed by atoms with Crippen LogP contribution in [0.15, 0.2) is 29.0 Å². The first kappa shape index (κ1) is 13.1. The lowest BCUT2D eigenvalue weighted by molar-refractivity contribution is 0.0113. The van der Waals surface area contributed by atoms with Crippen LogP contribution in [0.25, 0.3) is 11.1 Å². The number of ether oxygens (including phenoxy) is 1. The second-order valence-electron chi connectivity index (χ2n) is 5.13. The van der Waals surface area contributed by atoms with Gasteiger partial charge in [0.15, 0.2) is 0 Å². The van der Waals surface area contributed by atoms with Crippen LogP contribution in [0, 0.1) is 0 Å². The van der Waals surface area contributed by atoms with Gasteiger partial charge in [-0.05, 0) is 49.8 Å². The van der Waals surface area contributed by atoms with E-state index in [-0.39, 0.29) is 0 Å². The third-order valence-electron chi connectivity index (χ3n) is 3.74. The van der Waals surface area contributed by atoms with Gasteiger partial charge in [-0.1, -0.05) is 5.16 Å². The molecular formula is C15H19N3O2. The maximum atomic E-state index is 5.90. The minimum absolute atomic E-state index is 0.340. The molecule has 1 aliphatic heterocycles. The Balaban J connectivity index is 1.74. The van der Waals surface area contributed by atoms with Crippen LogP contribution >= 0.6 is 0 Å². The Kier molecular flexibility index (Phi) is 3.97. The molecule has 5 nitrogen and oxygen atoms in total. The lowest BCUT2D eigenvalue weighted by atomic mass is 10.00. The van der Waals surface area contributed by atoms with E-state index in [2.05, 4.69) is 10.1 Å². The first-order valence-electron chi connectivity index (χ1n) is 7.10. The third kappa shape index (κ3) is 2.82. The molecular weight excluding hydrogens is 254 g/mol. The van der Waals surface area contributed by atoms with Gasteiger partial charge in [-0.25, -0.2) is 0 Å². The van der Waals surface area contributed by atoms with E-state index in [4.69, 9.17) is 15.0 Å². The predicted molar refractivity (Wildman–Crippen MR) is 76.1 cm³/mol. The van der Waals surface area contributed by atoms with Crippen molar-refractivity contribution in [2.24, 2.45) is 0 Å². The van der Waals surface area contributed by atoms with Gasteiger partial charge < -0.3 is 15.0 Å². The van der Waals surface area contributed by atoms with E-state index in [1.54, 1.807) is 12.4 Å². The number of hydrogen-bond acceptors (Lipinski definition) is 5. The number of aryl methyl sites for hydroxylation is 1. The van der Waals surface area contributed by atoms with Crippen LogP contribution in [0.5, 0.6) is 0 Å². The number of nitrogens with zero attached hydrogens (tertiary/aromatic N) is 2. The molecule has 3 rings (SSSR count). The summed E-state index contributed by atoms with van der Waals surface area (Å²) >= 11 is 0. The molecule has 1 saturated heterocycles. The van der Waals surface area contributed by atoms with Crippen LogP contribution in [-0.2, 0) is 11.2 Å². The number of nitrogens with two attached hydrogens (primary N) is 1. The first-order valence-corrected chi connectivity index (χ1v) is 7.10. The Bertz CT molecular complexity index is 548. The van der Waals surface area contributed by atoms with Gasteiger partial charge in [0.25, 0.3) is 0 Å². The fourth-order valence-electron chi connectivity index (χ4n) is 2.67. The van der Waals surface area contributed by atoms with Gasteiger partial charge in [-0.2, -0.15) is 0 Å². The number of anilines is 1. The summed E-state index contributed by atoms with van der Waals surface area (Å²) < 4.78 is 10.9. The summed E-state index contributed by atoms with van der Waals surface area (Å²) in [6.07, 6.45) is 9.18. The van der Waals surface area contributed by atoms with Crippen molar-refractivity contribution in [3.05, 3.63) is 30.2 Å². The molecule has 1 unspecified atom stereocenters. The molecule has 2 aromatic rings. The first-order chi connectivity index (χ1) is 9.84. The summed E-state index contributed by atoms with van der Waals surface area (Å²) in [4.78, 5) is 4.02. The summed E-state index contributed by atoms with van der Waals surface area (Å²) in [6, 6.07) is 3.84. The molecule has 1 atom stereocenters. The maximum Gasteiger partial charge on any atom is 0.230 e. The van der Waals surface area contributed by atoms with Crippen LogP contribution in [0.3, 0.4) is 0 Å². The summed E-state index contributed by atoms with van der Waals surface area (Å²) in [5, 5.41) is 4.10. The molecule has 1 aliphatic rings. The SMILES string of the molecule is Nc1onc(CCC2CCCCO2)c1-c1ccncc1. The third-order valence-corrected chi connectivity index (χ3v) is 3.74. The van der Waals surface area contributed by atoms with Crippen molar-refractivity contribution in [1.82, 2.24) is 10.1 Å². The second-order valence-corrected chi connectivity index (χ2v) is 5.13. The molecule has 20 heavy (non-hydrogen) atoms. The van der Waals surface area contributed by atoms with E-state index in [1.165, 1.54) is 12.8 Å². The molecule has 0 saturated carbocycles.